The van der Waals surface area contributed by atoms with Gasteiger partial charge in [0.2, 0.25) is 0 Å². The summed E-state index contributed by atoms with van der Waals surface area (Å²) in [6.45, 7) is 4.35. The Bertz CT molecular complexity index is 554. The molecular formula is C16H20O5. The highest BCUT2D eigenvalue weighted by Crippen LogP contribution is 2.35. The number of aliphatic carboxylic acids is 1. The maximum atomic E-state index is 10.7. The van der Waals surface area contributed by atoms with E-state index < -0.39 is 5.97 Å². The summed E-state index contributed by atoms with van der Waals surface area (Å²) in [6.07, 6.45) is 4.44. The topological polar surface area (TPSA) is 65.0 Å². The van der Waals surface area contributed by atoms with Crippen LogP contribution in [0.15, 0.2) is 29.9 Å². The maximum Gasteiger partial charge on any atom is 0.328 e. The van der Waals surface area contributed by atoms with Crippen LogP contribution < -0.4 is 14.2 Å². The van der Waals surface area contributed by atoms with Crippen molar-refractivity contribution in [2.24, 2.45) is 0 Å². The van der Waals surface area contributed by atoms with Crippen LogP contribution in [0.5, 0.6) is 17.2 Å². The summed E-state index contributed by atoms with van der Waals surface area (Å²) in [5.41, 5.74) is 1.75. The second kappa shape index (κ2) is 7.99. The van der Waals surface area contributed by atoms with E-state index in [0.717, 1.165) is 11.6 Å². The molecule has 0 heterocycles. The van der Waals surface area contributed by atoms with Gasteiger partial charge in [0.15, 0.2) is 11.5 Å². The zero-order chi connectivity index (χ0) is 15.8. The van der Waals surface area contributed by atoms with E-state index in [4.69, 9.17) is 19.3 Å². The summed E-state index contributed by atoms with van der Waals surface area (Å²) in [4.78, 5) is 10.7. The van der Waals surface area contributed by atoms with Gasteiger partial charge in [-0.05, 0) is 32.1 Å². The number of hydrogen-bond acceptors (Lipinski definition) is 4. The van der Waals surface area contributed by atoms with Crippen molar-refractivity contribution in [1.29, 1.82) is 0 Å². The minimum Gasteiger partial charge on any atom is -0.493 e. The Morgan fingerprint density at radius 3 is 2.29 bits per heavy atom. The molecule has 1 aromatic carbocycles. The van der Waals surface area contributed by atoms with Crippen molar-refractivity contribution in [3.05, 3.63) is 35.4 Å². The molecule has 0 unspecified atom stereocenters. The molecule has 0 spiro atoms. The van der Waals surface area contributed by atoms with Crippen LogP contribution in [-0.4, -0.2) is 31.9 Å². The van der Waals surface area contributed by atoms with Crippen LogP contribution >= 0.6 is 0 Å². The molecule has 0 saturated carbocycles. The van der Waals surface area contributed by atoms with E-state index in [1.807, 2.05) is 19.9 Å². The summed E-state index contributed by atoms with van der Waals surface area (Å²) in [5.74, 6) is 0.539. The van der Waals surface area contributed by atoms with Crippen LogP contribution in [0.25, 0.3) is 6.08 Å². The lowest BCUT2D eigenvalue weighted by molar-refractivity contribution is -0.131. The molecule has 0 aliphatic carbocycles. The van der Waals surface area contributed by atoms with Gasteiger partial charge in [-0.1, -0.05) is 5.57 Å². The standard InChI is InChI=1S/C16H20O5/c1-11(2)7-8-21-13-10-15(20-4)14(19-3)9-12(13)5-6-16(17)18/h5-7,9-10H,8H2,1-4H3,(H,17,18)/b6-5-. The molecule has 0 fully saturated rings. The molecule has 1 aromatic rings. The van der Waals surface area contributed by atoms with Crippen molar-refractivity contribution >= 4 is 12.0 Å². The van der Waals surface area contributed by atoms with Crippen molar-refractivity contribution < 1.29 is 24.1 Å². The first-order valence-electron chi connectivity index (χ1n) is 6.41. The average Bonchev–Trinajstić information content (AvgIpc) is 2.44. The lowest BCUT2D eigenvalue weighted by Crippen LogP contribution is -1.99. The molecule has 5 nitrogen and oxygen atoms in total. The van der Waals surface area contributed by atoms with Crippen LogP contribution in [0.4, 0.5) is 0 Å². The highest BCUT2D eigenvalue weighted by atomic mass is 16.5. The molecule has 0 amide bonds. The van der Waals surface area contributed by atoms with Crippen molar-refractivity contribution in [3.8, 4) is 17.2 Å². The molecule has 0 aromatic heterocycles. The monoisotopic (exact) mass is 292 g/mol. The van der Waals surface area contributed by atoms with Crippen LogP contribution in [-0.2, 0) is 4.79 Å². The lowest BCUT2D eigenvalue weighted by Gasteiger charge is -2.13. The molecule has 1 N–H and O–H groups in total. The molecule has 21 heavy (non-hydrogen) atoms. The predicted octanol–water partition coefficient (Wildman–Crippen LogP) is 3.15. The molecule has 0 radical (unpaired) electrons. The van der Waals surface area contributed by atoms with Gasteiger partial charge >= 0.3 is 5.97 Å². The normalized spacial score (nSPS) is 10.3. The largest absolute Gasteiger partial charge is 0.493 e. The number of carbonyl (C=O) groups is 1. The summed E-state index contributed by atoms with van der Waals surface area (Å²) < 4.78 is 16.1. The molecular weight excluding hydrogens is 272 g/mol. The second-order valence-electron chi connectivity index (χ2n) is 4.51. The van der Waals surface area contributed by atoms with E-state index in [1.54, 1.807) is 12.1 Å². The minimum absolute atomic E-state index is 0.395. The zero-order valence-electron chi connectivity index (χ0n) is 12.7. The van der Waals surface area contributed by atoms with Crippen LogP contribution in [0.3, 0.4) is 0 Å². The van der Waals surface area contributed by atoms with Gasteiger partial charge in [-0.25, -0.2) is 4.79 Å². The SMILES string of the molecule is COc1cc(/C=C\C(=O)O)c(OCC=C(C)C)cc1OC. The van der Waals surface area contributed by atoms with Crippen molar-refractivity contribution in [2.75, 3.05) is 20.8 Å². The lowest BCUT2D eigenvalue weighted by atomic mass is 10.1. The highest BCUT2D eigenvalue weighted by Gasteiger charge is 2.10. The number of methoxy groups -OCH3 is 2. The molecule has 0 saturated heterocycles. The number of ether oxygens (including phenoxy) is 3. The fourth-order valence-corrected chi connectivity index (χ4v) is 1.59. The Hall–Kier alpha value is -2.43. The molecule has 1 rings (SSSR count). The fraction of sp³-hybridized carbons (Fsp3) is 0.312. The Balaban J connectivity index is 3.16. The Kier molecular flexibility index (Phi) is 6.33. The predicted molar refractivity (Wildman–Crippen MR) is 81.1 cm³/mol. The molecule has 0 aliphatic rings. The molecule has 114 valence electrons. The first-order valence-corrected chi connectivity index (χ1v) is 6.41. The third-order valence-corrected chi connectivity index (χ3v) is 2.65. The van der Waals surface area contributed by atoms with Gasteiger partial charge in [-0.3, -0.25) is 0 Å². The van der Waals surface area contributed by atoms with E-state index >= 15 is 0 Å². The number of carboxylic acid groups (broad SMARTS) is 1. The van der Waals surface area contributed by atoms with Gasteiger partial charge in [0.1, 0.15) is 12.4 Å². The smallest absolute Gasteiger partial charge is 0.328 e. The summed E-state index contributed by atoms with van der Waals surface area (Å²) in [6, 6.07) is 3.36. The fourth-order valence-electron chi connectivity index (χ4n) is 1.59. The van der Waals surface area contributed by atoms with E-state index in [2.05, 4.69) is 0 Å². The molecule has 0 aliphatic heterocycles. The quantitative estimate of drug-likeness (QED) is 0.618. The van der Waals surface area contributed by atoms with Gasteiger partial charge in [0.05, 0.1) is 14.2 Å². The van der Waals surface area contributed by atoms with E-state index in [0.29, 0.717) is 29.4 Å². The van der Waals surface area contributed by atoms with Gasteiger partial charge in [-0.2, -0.15) is 0 Å². The summed E-state index contributed by atoms with van der Waals surface area (Å²) >= 11 is 0. The van der Waals surface area contributed by atoms with Gasteiger partial charge in [0.25, 0.3) is 0 Å². The second-order valence-corrected chi connectivity index (χ2v) is 4.51. The van der Waals surface area contributed by atoms with Crippen LogP contribution in [0.1, 0.15) is 19.4 Å². The summed E-state index contributed by atoms with van der Waals surface area (Å²) in [7, 11) is 3.05. The number of allylic oxidation sites excluding steroid dienone is 1. The Morgan fingerprint density at radius 1 is 1.14 bits per heavy atom. The first kappa shape index (κ1) is 16.6. The number of rotatable bonds is 7. The van der Waals surface area contributed by atoms with Gasteiger partial charge < -0.3 is 19.3 Å². The van der Waals surface area contributed by atoms with E-state index in [-0.39, 0.29) is 0 Å². The van der Waals surface area contributed by atoms with Gasteiger partial charge in [0, 0.05) is 17.7 Å². The van der Waals surface area contributed by atoms with E-state index in [1.165, 1.54) is 20.3 Å². The summed E-state index contributed by atoms with van der Waals surface area (Å²) in [5, 5.41) is 8.75. The van der Waals surface area contributed by atoms with Crippen molar-refractivity contribution in [1.82, 2.24) is 0 Å². The Morgan fingerprint density at radius 2 is 1.76 bits per heavy atom. The van der Waals surface area contributed by atoms with Crippen LogP contribution in [0, 0.1) is 0 Å². The van der Waals surface area contributed by atoms with E-state index in [9.17, 15) is 4.79 Å². The first-order chi connectivity index (χ1) is 9.97. The molecule has 0 bridgehead atoms. The Labute approximate surface area is 124 Å². The third kappa shape index (κ3) is 5.22. The minimum atomic E-state index is -1.03. The maximum absolute atomic E-state index is 10.7. The molecule has 0 atom stereocenters. The number of hydrogen-bond donors (Lipinski definition) is 1. The van der Waals surface area contributed by atoms with Crippen molar-refractivity contribution in [2.45, 2.75) is 13.8 Å². The highest BCUT2D eigenvalue weighted by molar-refractivity contribution is 5.86. The molecule has 5 heteroatoms. The van der Waals surface area contributed by atoms with Crippen molar-refractivity contribution in [3.63, 3.8) is 0 Å². The third-order valence-electron chi connectivity index (χ3n) is 2.65. The average molecular weight is 292 g/mol. The number of benzene rings is 1. The van der Waals surface area contributed by atoms with Crippen LogP contribution in [0.2, 0.25) is 0 Å². The van der Waals surface area contributed by atoms with Gasteiger partial charge in [-0.15, -0.1) is 0 Å². The zero-order valence-corrected chi connectivity index (χ0v) is 12.7. The number of carboxylic acids is 1.